The van der Waals surface area contributed by atoms with Crippen LogP contribution < -0.4 is 0 Å². The van der Waals surface area contributed by atoms with Crippen molar-refractivity contribution in [2.75, 3.05) is 0 Å². The van der Waals surface area contributed by atoms with Crippen LogP contribution >= 0.6 is 0 Å². The average Bonchev–Trinajstić information content (AvgIpc) is 2.39. The van der Waals surface area contributed by atoms with Gasteiger partial charge >= 0.3 is 0 Å². The Kier molecular flexibility index (Phi) is 3.88. The van der Waals surface area contributed by atoms with Gasteiger partial charge in [0.2, 0.25) is 0 Å². The zero-order valence-electron chi connectivity index (χ0n) is 10.5. The molecule has 0 atom stereocenters. The second kappa shape index (κ2) is 5.45. The van der Waals surface area contributed by atoms with E-state index >= 15 is 0 Å². The van der Waals surface area contributed by atoms with Crippen LogP contribution in [0, 0.1) is 30.2 Å². The molecule has 0 saturated carbocycles. The Labute approximate surface area is 112 Å². The van der Waals surface area contributed by atoms with E-state index in [0.717, 1.165) is 6.07 Å². The van der Waals surface area contributed by atoms with E-state index in [-0.39, 0.29) is 6.42 Å². The number of carbonyl (C=O) groups excluding carboxylic acids is 1. The summed E-state index contributed by atoms with van der Waals surface area (Å²) in [7, 11) is 0. The topological polar surface area (TPSA) is 17.1 Å². The predicted molar refractivity (Wildman–Crippen MR) is 65.5 cm³/mol. The van der Waals surface area contributed by atoms with Gasteiger partial charge in [-0.3, -0.25) is 4.79 Å². The average molecular weight is 282 g/mol. The predicted octanol–water partition coefficient (Wildman–Crippen LogP) is 3.98. The molecule has 1 nitrogen and oxygen atoms in total. The fourth-order valence-electron chi connectivity index (χ4n) is 1.87. The third-order valence-electron chi connectivity index (χ3n) is 2.99. The van der Waals surface area contributed by atoms with E-state index < -0.39 is 34.6 Å². The van der Waals surface area contributed by atoms with Crippen molar-refractivity contribution in [1.29, 1.82) is 0 Å². The standard InChI is InChI=1S/C15H10F4O/c1-8-6-10(16)3-2-9(8)7-13(20)11-4-5-12(17)15(19)14(11)18/h2-6H,7H2,1H3. The summed E-state index contributed by atoms with van der Waals surface area (Å²) in [5.41, 5.74) is 0.509. The second-order valence-corrected chi connectivity index (χ2v) is 4.39. The molecular weight excluding hydrogens is 272 g/mol. The zero-order valence-corrected chi connectivity index (χ0v) is 10.5. The van der Waals surface area contributed by atoms with Crippen molar-refractivity contribution in [1.82, 2.24) is 0 Å². The Hall–Kier alpha value is -2.17. The summed E-state index contributed by atoms with van der Waals surface area (Å²) in [4.78, 5) is 11.9. The lowest BCUT2D eigenvalue weighted by Crippen LogP contribution is -2.09. The molecule has 0 aliphatic carbocycles. The van der Waals surface area contributed by atoms with Gasteiger partial charge in [0.1, 0.15) is 5.82 Å². The highest BCUT2D eigenvalue weighted by atomic mass is 19.2. The van der Waals surface area contributed by atoms with Crippen molar-refractivity contribution in [3.63, 3.8) is 0 Å². The first-order chi connectivity index (χ1) is 9.40. The molecule has 0 bridgehead atoms. The van der Waals surface area contributed by atoms with Crippen LogP contribution in [0.25, 0.3) is 0 Å². The molecule has 0 aliphatic rings. The maximum atomic E-state index is 13.5. The Morgan fingerprint density at radius 1 is 1.00 bits per heavy atom. The monoisotopic (exact) mass is 282 g/mol. The molecule has 0 N–H and O–H groups in total. The third kappa shape index (κ3) is 2.71. The zero-order chi connectivity index (χ0) is 14.9. The number of Topliss-reactive ketones (excluding diaryl/α,β-unsaturated/α-hetero) is 1. The number of ketones is 1. The molecule has 0 radical (unpaired) electrons. The van der Waals surface area contributed by atoms with Gasteiger partial charge in [-0.2, -0.15) is 0 Å². The molecule has 0 aliphatic heterocycles. The molecule has 2 rings (SSSR count). The minimum atomic E-state index is -1.67. The smallest absolute Gasteiger partial charge is 0.195 e. The van der Waals surface area contributed by atoms with Gasteiger partial charge in [0.15, 0.2) is 23.2 Å². The number of hydrogen-bond acceptors (Lipinski definition) is 1. The Morgan fingerprint density at radius 3 is 2.35 bits per heavy atom. The van der Waals surface area contributed by atoms with E-state index in [1.807, 2.05) is 0 Å². The molecular formula is C15H10F4O. The molecule has 5 heteroatoms. The van der Waals surface area contributed by atoms with Crippen LogP contribution in [-0.2, 0) is 6.42 Å². The number of carbonyl (C=O) groups is 1. The minimum Gasteiger partial charge on any atom is -0.294 e. The van der Waals surface area contributed by atoms with Crippen LogP contribution in [0.1, 0.15) is 21.5 Å². The van der Waals surface area contributed by atoms with Crippen LogP contribution in [0.15, 0.2) is 30.3 Å². The molecule has 2 aromatic rings. The fraction of sp³-hybridized carbons (Fsp3) is 0.133. The second-order valence-electron chi connectivity index (χ2n) is 4.39. The maximum Gasteiger partial charge on any atom is 0.195 e. The Balaban J connectivity index is 2.31. The van der Waals surface area contributed by atoms with Gasteiger partial charge in [0.05, 0.1) is 5.56 Å². The Bertz CT molecular complexity index is 680. The van der Waals surface area contributed by atoms with Gasteiger partial charge in [0, 0.05) is 6.42 Å². The summed E-state index contributed by atoms with van der Waals surface area (Å²) < 4.78 is 52.3. The van der Waals surface area contributed by atoms with E-state index in [1.165, 1.54) is 18.2 Å². The highest BCUT2D eigenvalue weighted by molar-refractivity contribution is 5.97. The maximum absolute atomic E-state index is 13.5. The van der Waals surface area contributed by atoms with Crippen LogP contribution in [0.5, 0.6) is 0 Å². The molecule has 0 unspecified atom stereocenters. The lowest BCUT2D eigenvalue weighted by Gasteiger charge is -2.07. The first kappa shape index (κ1) is 14.2. The Morgan fingerprint density at radius 2 is 1.70 bits per heavy atom. The van der Waals surface area contributed by atoms with Crippen LogP contribution in [0.3, 0.4) is 0 Å². The van der Waals surface area contributed by atoms with Gasteiger partial charge < -0.3 is 0 Å². The fourth-order valence-corrected chi connectivity index (χ4v) is 1.87. The summed E-state index contributed by atoms with van der Waals surface area (Å²) >= 11 is 0. The molecule has 104 valence electrons. The summed E-state index contributed by atoms with van der Waals surface area (Å²) in [5.74, 6) is -5.67. The molecule has 0 heterocycles. The van der Waals surface area contributed by atoms with Gasteiger partial charge in [-0.15, -0.1) is 0 Å². The van der Waals surface area contributed by atoms with Crippen molar-refractivity contribution in [2.45, 2.75) is 13.3 Å². The number of aryl methyl sites for hydroxylation is 1. The van der Waals surface area contributed by atoms with E-state index in [1.54, 1.807) is 6.92 Å². The molecule has 0 spiro atoms. The molecule has 2 aromatic carbocycles. The number of halogens is 4. The number of hydrogen-bond donors (Lipinski definition) is 0. The number of benzene rings is 2. The first-order valence-corrected chi connectivity index (χ1v) is 5.82. The van der Waals surface area contributed by atoms with E-state index in [2.05, 4.69) is 0 Å². The normalized spacial score (nSPS) is 10.7. The van der Waals surface area contributed by atoms with Crippen molar-refractivity contribution in [2.24, 2.45) is 0 Å². The summed E-state index contributed by atoms with van der Waals surface area (Å²) in [6.45, 7) is 1.60. The third-order valence-corrected chi connectivity index (χ3v) is 2.99. The molecule has 0 saturated heterocycles. The first-order valence-electron chi connectivity index (χ1n) is 5.82. The molecule has 0 fully saturated rings. The van der Waals surface area contributed by atoms with Crippen LogP contribution in [0.2, 0.25) is 0 Å². The summed E-state index contributed by atoms with van der Waals surface area (Å²) in [6.07, 6.45) is -0.214. The van der Waals surface area contributed by atoms with Crippen LogP contribution in [-0.4, -0.2) is 5.78 Å². The highest BCUT2D eigenvalue weighted by Crippen LogP contribution is 2.18. The lowest BCUT2D eigenvalue weighted by molar-refractivity contribution is 0.0987. The molecule has 0 amide bonds. The van der Waals surface area contributed by atoms with Crippen molar-refractivity contribution in [3.8, 4) is 0 Å². The summed E-state index contributed by atoms with van der Waals surface area (Å²) in [6, 6.07) is 5.42. The summed E-state index contributed by atoms with van der Waals surface area (Å²) in [5, 5.41) is 0. The van der Waals surface area contributed by atoms with Crippen LogP contribution in [0.4, 0.5) is 17.6 Å². The van der Waals surface area contributed by atoms with Crippen molar-refractivity contribution >= 4 is 5.78 Å². The molecule has 20 heavy (non-hydrogen) atoms. The van der Waals surface area contributed by atoms with Gasteiger partial charge in [-0.1, -0.05) is 6.07 Å². The van der Waals surface area contributed by atoms with Gasteiger partial charge in [-0.25, -0.2) is 17.6 Å². The van der Waals surface area contributed by atoms with Gasteiger partial charge in [-0.05, 0) is 42.3 Å². The van der Waals surface area contributed by atoms with E-state index in [9.17, 15) is 22.4 Å². The highest BCUT2D eigenvalue weighted by Gasteiger charge is 2.19. The van der Waals surface area contributed by atoms with Crippen molar-refractivity contribution in [3.05, 3.63) is 70.3 Å². The lowest BCUT2D eigenvalue weighted by atomic mass is 9.99. The largest absolute Gasteiger partial charge is 0.294 e. The van der Waals surface area contributed by atoms with Gasteiger partial charge in [0.25, 0.3) is 0 Å². The SMILES string of the molecule is Cc1cc(F)ccc1CC(=O)c1ccc(F)c(F)c1F. The number of rotatable bonds is 3. The minimum absolute atomic E-state index is 0.214. The molecule has 0 aromatic heterocycles. The van der Waals surface area contributed by atoms with E-state index in [4.69, 9.17) is 0 Å². The quantitative estimate of drug-likeness (QED) is 0.473. The van der Waals surface area contributed by atoms with Crippen molar-refractivity contribution < 1.29 is 22.4 Å². The van der Waals surface area contributed by atoms with E-state index in [0.29, 0.717) is 17.2 Å².